The van der Waals surface area contributed by atoms with E-state index in [1.807, 2.05) is 30.5 Å². The van der Waals surface area contributed by atoms with Gasteiger partial charge in [-0.3, -0.25) is 18.4 Å². The molecule has 2 aliphatic rings. The zero-order valence-corrected chi connectivity index (χ0v) is 29.1. The van der Waals surface area contributed by atoms with Crippen molar-refractivity contribution in [3.63, 3.8) is 0 Å². The lowest BCUT2D eigenvalue weighted by Gasteiger charge is -2.33. The van der Waals surface area contributed by atoms with Gasteiger partial charge in [-0.15, -0.1) is 0 Å². The molecule has 262 valence electrons. The monoisotopic (exact) mass is 730 g/mol. The third-order valence-electron chi connectivity index (χ3n) is 8.82. The number of aromatic nitrogens is 4. The van der Waals surface area contributed by atoms with Crippen molar-refractivity contribution in [3.8, 4) is 22.5 Å². The lowest BCUT2D eigenvalue weighted by molar-refractivity contribution is 0.484. The summed E-state index contributed by atoms with van der Waals surface area (Å²) in [4.78, 5) is 38.6. The van der Waals surface area contributed by atoms with E-state index in [4.69, 9.17) is 23.2 Å². The summed E-state index contributed by atoms with van der Waals surface area (Å²) in [6.45, 7) is 8.45. The van der Waals surface area contributed by atoms with Crippen molar-refractivity contribution in [1.29, 1.82) is 0 Å². The van der Waals surface area contributed by atoms with E-state index in [-0.39, 0.29) is 21.2 Å². The molecule has 8 rings (SSSR count). The maximum atomic E-state index is 13.6. The molecule has 4 aromatic heterocycles. The van der Waals surface area contributed by atoms with E-state index in [2.05, 4.69) is 37.3 Å². The topological polar surface area (TPSA) is 99.3 Å². The predicted octanol–water partition coefficient (Wildman–Crippen LogP) is 5.52. The van der Waals surface area contributed by atoms with Crippen molar-refractivity contribution < 1.29 is 8.78 Å². The van der Waals surface area contributed by atoms with E-state index >= 15 is 0 Å². The van der Waals surface area contributed by atoms with Crippen molar-refractivity contribution in [1.82, 2.24) is 29.4 Å². The van der Waals surface area contributed by atoms with E-state index in [1.54, 1.807) is 18.3 Å². The molecule has 10 nitrogen and oxygen atoms in total. The molecule has 2 N–H and O–H groups in total. The minimum atomic E-state index is -0.460. The molecular formula is C37H34Cl2F2N8O2. The van der Waals surface area contributed by atoms with Crippen LogP contribution in [0.1, 0.15) is 6.92 Å². The van der Waals surface area contributed by atoms with Crippen LogP contribution in [0.3, 0.4) is 0 Å². The minimum Gasteiger partial charge on any atom is -0.368 e. The molecule has 6 aromatic rings. The fourth-order valence-corrected chi connectivity index (χ4v) is 6.79. The van der Waals surface area contributed by atoms with Crippen molar-refractivity contribution in [2.45, 2.75) is 13.0 Å². The lowest BCUT2D eigenvalue weighted by Crippen LogP contribution is -2.49. The molecular weight excluding hydrogens is 697 g/mol. The third kappa shape index (κ3) is 7.89. The van der Waals surface area contributed by atoms with Gasteiger partial charge in [0.25, 0.3) is 11.1 Å². The van der Waals surface area contributed by atoms with Crippen LogP contribution in [0.2, 0.25) is 10.0 Å². The van der Waals surface area contributed by atoms with E-state index in [0.29, 0.717) is 39.9 Å². The van der Waals surface area contributed by atoms with E-state index in [1.165, 1.54) is 45.2 Å². The number of halogens is 4. The van der Waals surface area contributed by atoms with Gasteiger partial charge in [-0.2, -0.15) is 0 Å². The molecule has 0 saturated carbocycles. The van der Waals surface area contributed by atoms with Crippen molar-refractivity contribution in [3.05, 3.63) is 128 Å². The van der Waals surface area contributed by atoms with Gasteiger partial charge in [-0.25, -0.2) is 18.7 Å². The number of nitrogens with one attached hydrogen (secondary N) is 2. The van der Waals surface area contributed by atoms with Crippen LogP contribution in [0.15, 0.2) is 94.8 Å². The fraction of sp³-hybridized carbons (Fsp3) is 0.243. The molecule has 0 aliphatic carbocycles. The van der Waals surface area contributed by atoms with Crippen LogP contribution in [0.25, 0.3) is 33.8 Å². The lowest BCUT2D eigenvalue weighted by atomic mass is 10.1. The summed E-state index contributed by atoms with van der Waals surface area (Å²) in [5.74, 6) is -0.920. The van der Waals surface area contributed by atoms with Gasteiger partial charge >= 0.3 is 0 Å². The number of hydrogen-bond donors (Lipinski definition) is 2. The van der Waals surface area contributed by atoms with Crippen LogP contribution in [0.5, 0.6) is 0 Å². The normalized spacial score (nSPS) is 16.3. The van der Waals surface area contributed by atoms with Gasteiger partial charge in [-0.05, 0) is 67.6 Å². The van der Waals surface area contributed by atoms with Crippen LogP contribution in [0.4, 0.5) is 20.2 Å². The molecule has 14 heteroatoms. The Morgan fingerprint density at radius 1 is 0.667 bits per heavy atom. The smallest absolute Gasteiger partial charge is 0.258 e. The number of hydrogen-bond acceptors (Lipinski definition) is 8. The summed E-state index contributed by atoms with van der Waals surface area (Å²) in [6, 6.07) is 19.0. The zero-order chi connectivity index (χ0) is 35.6. The van der Waals surface area contributed by atoms with Crippen LogP contribution >= 0.6 is 23.2 Å². The highest BCUT2D eigenvalue weighted by atomic mass is 35.5. The number of benzene rings is 2. The molecule has 0 unspecified atom stereocenters. The van der Waals surface area contributed by atoms with Gasteiger partial charge < -0.3 is 20.4 Å². The number of anilines is 2. The fourth-order valence-electron chi connectivity index (χ4n) is 6.35. The molecule has 6 heterocycles. The second kappa shape index (κ2) is 14.8. The average molecular weight is 732 g/mol. The second-order valence-corrected chi connectivity index (χ2v) is 13.4. The summed E-state index contributed by atoms with van der Waals surface area (Å²) < 4.78 is 30.2. The Morgan fingerprint density at radius 2 is 1.16 bits per heavy atom. The Hall–Kier alpha value is -4.88. The Morgan fingerprint density at radius 3 is 1.65 bits per heavy atom. The Labute approximate surface area is 301 Å². The molecule has 0 bridgehead atoms. The third-order valence-corrected chi connectivity index (χ3v) is 9.26. The first kappa shape index (κ1) is 34.6. The van der Waals surface area contributed by atoms with Gasteiger partial charge in [0.1, 0.15) is 22.9 Å². The summed E-state index contributed by atoms with van der Waals surface area (Å²) in [7, 11) is 0. The van der Waals surface area contributed by atoms with Crippen molar-refractivity contribution >= 4 is 45.9 Å². The molecule has 0 amide bonds. The quantitative estimate of drug-likeness (QED) is 0.245. The highest BCUT2D eigenvalue weighted by molar-refractivity contribution is 6.31. The van der Waals surface area contributed by atoms with Gasteiger partial charge in [0.05, 0.1) is 22.8 Å². The summed E-state index contributed by atoms with van der Waals surface area (Å²) in [5, 5.41) is 7.24. The highest BCUT2D eigenvalue weighted by Crippen LogP contribution is 2.25. The summed E-state index contributed by atoms with van der Waals surface area (Å²) >= 11 is 11.8. The Kier molecular flexibility index (Phi) is 10.0. The number of pyridine rings is 2. The molecule has 2 aliphatic heterocycles. The Balaban J connectivity index is 0.000000159. The first-order valence-electron chi connectivity index (χ1n) is 16.5. The summed E-state index contributed by atoms with van der Waals surface area (Å²) in [6.07, 6.45) is 3.61. The van der Waals surface area contributed by atoms with E-state index in [0.717, 1.165) is 57.2 Å². The van der Waals surface area contributed by atoms with Gasteiger partial charge in [-0.1, -0.05) is 23.2 Å². The van der Waals surface area contributed by atoms with Crippen LogP contribution < -0.4 is 31.6 Å². The number of rotatable bonds is 4. The number of fused-ring (bicyclic) bond motifs is 2. The molecule has 2 fully saturated rings. The SMILES string of the molecule is C[C@H]1CN(c2ccc3nc(-c4cc(F)cc(Cl)c4)cc(=O)n3c2)CCN1.O=c1cc(-c2cc(F)cc(Cl)c2)nc2ccc(N3CCNCC3)cn12. The van der Waals surface area contributed by atoms with E-state index < -0.39 is 11.6 Å². The van der Waals surface area contributed by atoms with Gasteiger partial charge in [0.15, 0.2) is 0 Å². The van der Waals surface area contributed by atoms with Crippen molar-refractivity contribution in [2.75, 3.05) is 55.6 Å². The van der Waals surface area contributed by atoms with Gasteiger partial charge in [0.2, 0.25) is 0 Å². The largest absolute Gasteiger partial charge is 0.368 e. The van der Waals surface area contributed by atoms with Gasteiger partial charge in [0, 0.05) is 97.6 Å². The molecule has 2 aromatic carbocycles. The molecule has 1 atom stereocenters. The maximum absolute atomic E-state index is 13.6. The van der Waals surface area contributed by atoms with Crippen LogP contribution in [-0.4, -0.2) is 70.6 Å². The standard InChI is InChI=1S/C19H18ClFN4O.C18H16ClFN4O/c1-12-10-24(5-4-22-12)16-2-3-18-23-17(9-19(26)25(18)11-16)13-6-14(20)8-15(21)7-13;19-13-7-12(8-14(20)9-13)16-10-18(25)24-11-15(1-2-17(24)22-16)23-5-3-21-4-6-23/h2-3,6-9,11-12,22H,4-5,10H2,1H3;1-2,7-11,21H,3-6H2/t12-;/m0./s1. The highest BCUT2D eigenvalue weighted by Gasteiger charge is 2.17. The Bertz CT molecular complexity index is 2320. The number of nitrogens with zero attached hydrogens (tertiary/aromatic N) is 6. The predicted molar refractivity (Wildman–Crippen MR) is 198 cm³/mol. The summed E-state index contributed by atoms with van der Waals surface area (Å²) in [5.41, 5.74) is 4.34. The first-order chi connectivity index (χ1) is 24.6. The van der Waals surface area contributed by atoms with Crippen LogP contribution in [-0.2, 0) is 0 Å². The second-order valence-electron chi connectivity index (χ2n) is 12.5. The minimum absolute atomic E-state index is 0.211. The van der Waals surface area contributed by atoms with Crippen molar-refractivity contribution in [2.24, 2.45) is 0 Å². The van der Waals surface area contributed by atoms with E-state index in [9.17, 15) is 18.4 Å². The maximum Gasteiger partial charge on any atom is 0.258 e. The average Bonchev–Trinajstić information content (AvgIpc) is 3.11. The molecule has 2 saturated heterocycles. The number of piperazine rings is 2. The molecule has 51 heavy (non-hydrogen) atoms. The molecule has 0 radical (unpaired) electrons. The zero-order valence-electron chi connectivity index (χ0n) is 27.6. The first-order valence-corrected chi connectivity index (χ1v) is 17.3. The molecule has 0 spiro atoms. The van der Waals surface area contributed by atoms with Crippen LogP contribution in [0, 0.1) is 11.6 Å².